The number of nitrogens with two attached hydrogens (primary N) is 1. The summed E-state index contributed by atoms with van der Waals surface area (Å²) in [5.41, 5.74) is 7.92. The van der Waals surface area contributed by atoms with Crippen molar-refractivity contribution < 1.29 is 9.15 Å². The Bertz CT molecular complexity index is 521. The topological polar surface area (TPSA) is 66.2 Å². The van der Waals surface area contributed by atoms with E-state index in [1.807, 2.05) is 13.0 Å². The van der Waals surface area contributed by atoms with Gasteiger partial charge in [0.2, 0.25) is 0 Å². The summed E-state index contributed by atoms with van der Waals surface area (Å²) in [4.78, 5) is 0. The zero-order chi connectivity index (χ0) is 13.1. The maximum absolute atomic E-state index is 6.23. The molecule has 1 atom stereocenters. The highest BCUT2D eigenvalue weighted by molar-refractivity contribution is 6.31. The highest BCUT2D eigenvalue weighted by atomic mass is 35.5. The quantitative estimate of drug-likeness (QED) is 0.903. The minimum absolute atomic E-state index is 0.351. The monoisotopic (exact) mass is 269 g/mol. The van der Waals surface area contributed by atoms with E-state index in [0.717, 1.165) is 17.0 Å². The largest absolute Gasteiger partial charge is 0.469 e. The van der Waals surface area contributed by atoms with Gasteiger partial charge < -0.3 is 14.9 Å². The lowest BCUT2D eigenvalue weighted by Crippen LogP contribution is -2.19. The van der Waals surface area contributed by atoms with E-state index >= 15 is 0 Å². The highest BCUT2D eigenvalue weighted by Crippen LogP contribution is 2.28. The first-order chi connectivity index (χ1) is 8.65. The molecule has 0 saturated heterocycles. The number of aromatic nitrogens is 2. The predicted molar refractivity (Wildman–Crippen MR) is 68.6 cm³/mol. The molecule has 0 aliphatic rings. The molecule has 98 valence electrons. The summed E-state index contributed by atoms with van der Waals surface area (Å²) < 4.78 is 12.1. The fourth-order valence-electron chi connectivity index (χ4n) is 1.90. The molecule has 6 heteroatoms. The van der Waals surface area contributed by atoms with Crippen LogP contribution in [0.5, 0.6) is 0 Å². The fourth-order valence-corrected chi connectivity index (χ4v) is 2.16. The third-order valence-corrected chi connectivity index (χ3v) is 3.16. The van der Waals surface area contributed by atoms with Gasteiger partial charge in [0.25, 0.3) is 0 Å². The maximum atomic E-state index is 6.23. The van der Waals surface area contributed by atoms with Gasteiger partial charge in [-0.15, -0.1) is 0 Å². The molecule has 0 aliphatic carbocycles. The lowest BCUT2D eigenvalue weighted by atomic mass is 10.1. The van der Waals surface area contributed by atoms with Crippen molar-refractivity contribution in [3.05, 3.63) is 40.6 Å². The molecule has 0 aliphatic heterocycles. The molecule has 0 spiro atoms. The minimum atomic E-state index is -0.351. The molecule has 5 nitrogen and oxygen atoms in total. The summed E-state index contributed by atoms with van der Waals surface area (Å²) in [6.07, 6.45) is 3.22. The second-order valence-corrected chi connectivity index (χ2v) is 4.41. The van der Waals surface area contributed by atoms with Crippen LogP contribution in [0.4, 0.5) is 0 Å². The van der Waals surface area contributed by atoms with Crippen LogP contribution in [0.3, 0.4) is 0 Å². The van der Waals surface area contributed by atoms with Crippen LogP contribution < -0.4 is 5.73 Å². The van der Waals surface area contributed by atoms with Crippen LogP contribution in [0.15, 0.2) is 22.9 Å². The number of hydrogen-bond acceptors (Lipinski definition) is 4. The summed E-state index contributed by atoms with van der Waals surface area (Å²) in [7, 11) is 1.64. The Hall–Kier alpha value is -1.30. The van der Waals surface area contributed by atoms with Crippen LogP contribution in [0.25, 0.3) is 0 Å². The van der Waals surface area contributed by atoms with Crippen LogP contribution in [-0.2, 0) is 11.3 Å². The molecule has 0 radical (unpaired) electrons. The van der Waals surface area contributed by atoms with E-state index in [9.17, 15) is 0 Å². The average Bonchev–Trinajstić information content (AvgIpc) is 2.92. The van der Waals surface area contributed by atoms with Crippen molar-refractivity contribution >= 4 is 11.6 Å². The molecule has 2 aromatic rings. The van der Waals surface area contributed by atoms with Gasteiger partial charge in [0.05, 0.1) is 42.4 Å². The number of rotatable bonds is 5. The van der Waals surface area contributed by atoms with Gasteiger partial charge in [-0.2, -0.15) is 5.10 Å². The van der Waals surface area contributed by atoms with Crippen molar-refractivity contribution in [1.29, 1.82) is 0 Å². The standard InChI is InChI=1S/C12H16ClN3O2/c1-8-9(3-5-18-8)11(14)12-10(13)7-15-16(12)4-6-17-2/h3,5,7,11H,4,6,14H2,1-2H3. The fraction of sp³-hybridized carbons (Fsp3) is 0.417. The number of hydrogen-bond donors (Lipinski definition) is 1. The Labute approximate surface area is 110 Å². The first-order valence-electron chi connectivity index (χ1n) is 5.65. The van der Waals surface area contributed by atoms with Gasteiger partial charge in [0.15, 0.2) is 0 Å². The molecule has 0 saturated carbocycles. The predicted octanol–water partition coefficient (Wildman–Crippen LogP) is 2.13. The van der Waals surface area contributed by atoms with Crippen molar-refractivity contribution in [3.8, 4) is 0 Å². The normalized spacial score (nSPS) is 12.9. The van der Waals surface area contributed by atoms with Crippen molar-refractivity contribution in [1.82, 2.24) is 9.78 Å². The van der Waals surface area contributed by atoms with Crippen LogP contribution in [0, 0.1) is 6.92 Å². The first-order valence-corrected chi connectivity index (χ1v) is 6.02. The first kappa shape index (κ1) is 13.1. The number of aryl methyl sites for hydroxylation is 1. The molecule has 0 amide bonds. The van der Waals surface area contributed by atoms with Gasteiger partial charge in [-0.3, -0.25) is 4.68 Å². The number of nitrogens with zero attached hydrogens (tertiary/aromatic N) is 2. The SMILES string of the molecule is COCCn1ncc(Cl)c1C(N)c1ccoc1C. The van der Waals surface area contributed by atoms with E-state index < -0.39 is 0 Å². The van der Waals surface area contributed by atoms with E-state index in [0.29, 0.717) is 18.2 Å². The molecule has 0 fully saturated rings. The van der Waals surface area contributed by atoms with Gasteiger partial charge >= 0.3 is 0 Å². The maximum Gasteiger partial charge on any atom is 0.105 e. The summed E-state index contributed by atoms with van der Waals surface area (Å²) in [5.74, 6) is 0.790. The van der Waals surface area contributed by atoms with Gasteiger partial charge in [0, 0.05) is 12.7 Å². The smallest absolute Gasteiger partial charge is 0.105 e. The second kappa shape index (κ2) is 5.56. The molecule has 1 unspecified atom stereocenters. The number of methoxy groups -OCH3 is 1. The van der Waals surface area contributed by atoms with E-state index in [1.165, 1.54) is 0 Å². The van der Waals surface area contributed by atoms with Gasteiger partial charge in [-0.25, -0.2) is 0 Å². The Morgan fingerprint density at radius 3 is 3.00 bits per heavy atom. The molecule has 2 rings (SSSR count). The molecular weight excluding hydrogens is 254 g/mol. The van der Waals surface area contributed by atoms with Gasteiger partial charge in [-0.1, -0.05) is 11.6 Å². The lowest BCUT2D eigenvalue weighted by molar-refractivity contribution is 0.182. The molecule has 2 N–H and O–H groups in total. The van der Waals surface area contributed by atoms with Crippen LogP contribution in [0.1, 0.15) is 23.1 Å². The Kier molecular flexibility index (Phi) is 4.06. The second-order valence-electron chi connectivity index (χ2n) is 4.00. The van der Waals surface area contributed by atoms with Crippen LogP contribution in [-0.4, -0.2) is 23.5 Å². The Balaban J connectivity index is 2.32. The van der Waals surface area contributed by atoms with Crippen LogP contribution >= 0.6 is 11.6 Å². The summed E-state index contributed by atoms with van der Waals surface area (Å²) in [6, 6.07) is 1.50. The van der Waals surface area contributed by atoms with E-state index in [2.05, 4.69) is 5.10 Å². The average molecular weight is 270 g/mol. The van der Waals surface area contributed by atoms with Gasteiger partial charge in [-0.05, 0) is 13.0 Å². The van der Waals surface area contributed by atoms with E-state index in [1.54, 1.807) is 24.3 Å². The summed E-state index contributed by atoms with van der Waals surface area (Å²) >= 11 is 6.15. The number of halogens is 1. The zero-order valence-electron chi connectivity index (χ0n) is 10.4. The van der Waals surface area contributed by atoms with E-state index in [-0.39, 0.29) is 6.04 Å². The molecule has 2 aromatic heterocycles. The number of ether oxygens (including phenoxy) is 1. The summed E-state index contributed by atoms with van der Waals surface area (Å²) in [5, 5.41) is 4.76. The Morgan fingerprint density at radius 1 is 1.61 bits per heavy atom. The molecular formula is C12H16ClN3O2. The molecule has 18 heavy (non-hydrogen) atoms. The highest BCUT2D eigenvalue weighted by Gasteiger charge is 2.21. The van der Waals surface area contributed by atoms with Crippen molar-refractivity contribution in [2.75, 3.05) is 13.7 Å². The van der Waals surface area contributed by atoms with E-state index in [4.69, 9.17) is 26.5 Å². The molecule has 0 aromatic carbocycles. The number of furan rings is 1. The van der Waals surface area contributed by atoms with Crippen LogP contribution in [0.2, 0.25) is 5.02 Å². The third-order valence-electron chi connectivity index (χ3n) is 2.87. The van der Waals surface area contributed by atoms with Gasteiger partial charge in [0.1, 0.15) is 5.76 Å². The molecule has 2 heterocycles. The summed E-state index contributed by atoms with van der Waals surface area (Å²) in [6.45, 7) is 3.05. The minimum Gasteiger partial charge on any atom is -0.469 e. The van der Waals surface area contributed by atoms with Crippen molar-refractivity contribution in [3.63, 3.8) is 0 Å². The van der Waals surface area contributed by atoms with Crippen molar-refractivity contribution in [2.24, 2.45) is 5.73 Å². The van der Waals surface area contributed by atoms with Crippen molar-refractivity contribution in [2.45, 2.75) is 19.5 Å². The lowest BCUT2D eigenvalue weighted by Gasteiger charge is -2.14. The third kappa shape index (κ3) is 2.43. The zero-order valence-corrected chi connectivity index (χ0v) is 11.1. The molecule has 0 bridgehead atoms. The Morgan fingerprint density at radius 2 is 2.39 bits per heavy atom.